The van der Waals surface area contributed by atoms with Gasteiger partial charge < -0.3 is 15.9 Å². The molecule has 1 rings (SSSR count). The predicted octanol–water partition coefficient (Wildman–Crippen LogP) is 7.24. The van der Waals surface area contributed by atoms with E-state index in [2.05, 4.69) is 24.3 Å². The van der Waals surface area contributed by atoms with Gasteiger partial charge in [0.1, 0.15) is 6.61 Å². The Bertz CT molecular complexity index is 513. The molecule has 0 spiro atoms. The number of nitrogens with zero attached hydrogens (tertiary/aromatic N) is 1. The molecular formula is C25H45N3O. The third-order valence-electron chi connectivity index (χ3n) is 5.31. The van der Waals surface area contributed by atoms with Crippen LogP contribution in [0.4, 0.5) is 5.69 Å². The fourth-order valence-corrected chi connectivity index (χ4v) is 3.49. The zero-order chi connectivity index (χ0) is 21.0. The molecule has 0 fully saturated rings. The van der Waals surface area contributed by atoms with Crippen molar-refractivity contribution < 1.29 is 4.84 Å². The zero-order valence-corrected chi connectivity index (χ0v) is 19.1. The molecular weight excluding hydrogens is 358 g/mol. The SMILES string of the molecule is CCCCCCCCCCCCCCCCON=C(N)c1ccc(NCC)cc1. The number of hydrogen-bond acceptors (Lipinski definition) is 3. The first-order chi connectivity index (χ1) is 14.3. The molecule has 3 N–H and O–H groups in total. The molecule has 0 aliphatic heterocycles. The Morgan fingerprint density at radius 1 is 0.759 bits per heavy atom. The first-order valence-corrected chi connectivity index (χ1v) is 12.1. The lowest BCUT2D eigenvalue weighted by Crippen LogP contribution is -2.14. The second-order valence-electron chi connectivity index (χ2n) is 8.01. The van der Waals surface area contributed by atoms with E-state index in [-0.39, 0.29) is 0 Å². The smallest absolute Gasteiger partial charge is 0.170 e. The van der Waals surface area contributed by atoms with E-state index < -0.39 is 0 Å². The Balaban J connectivity index is 1.91. The third kappa shape index (κ3) is 14.0. The first-order valence-electron chi connectivity index (χ1n) is 12.1. The van der Waals surface area contributed by atoms with Crippen LogP contribution in [0, 0.1) is 0 Å². The number of benzene rings is 1. The quantitative estimate of drug-likeness (QED) is 0.111. The number of nitrogens with one attached hydrogen (secondary N) is 1. The summed E-state index contributed by atoms with van der Waals surface area (Å²) in [6.45, 7) is 5.91. The van der Waals surface area contributed by atoms with Crippen molar-refractivity contribution in [2.45, 2.75) is 104 Å². The van der Waals surface area contributed by atoms with Crippen molar-refractivity contribution in [1.29, 1.82) is 0 Å². The van der Waals surface area contributed by atoms with Gasteiger partial charge >= 0.3 is 0 Å². The predicted molar refractivity (Wildman–Crippen MR) is 128 cm³/mol. The van der Waals surface area contributed by atoms with Gasteiger partial charge in [-0.15, -0.1) is 0 Å². The normalized spacial score (nSPS) is 11.6. The minimum atomic E-state index is 0.443. The van der Waals surface area contributed by atoms with Crippen LogP contribution in [0.15, 0.2) is 29.4 Å². The number of oxime groups is 1. The Labute approximate surface area is 179 Å². The maximum absolute atomic E-state index is 5.98. The monoisotopic (exact) mass is 403 g/mol. The van der Waals surface area contributed by atoms with Gasteiger partial charge in [-0.3, -0.25) is 0 Å². The van der Waals surface area contributed by atoms with Crippen LogP contribution in [0.25, 0.3) is 0 Å². The van der Waals surface area contributed by atoms with Crippen LogP contribution in [0.2, 0.25) is 0 Å². The summed E-state index contributed by atoms with van der Waals surface area (Å²) in [5.74, 6) is 0.443. The molecule has 0 amide bonds. The molecule has 0 unspecified atom stereocenters. The topological polar surface area (TPSA) is 59.6 Å². The van der Waals surface area contributed by atoms with E-state index in [4.69, 9.17) is 10.6 Å². The lowest BCUT2D eigenvalue weighted by atomic mass is 10.0. The Kier molecular flexibility index (Phi) is 16.0. The standard InChI is InChI=1S/C25H45N3O/c1-3-5-6-7-8-9-10-11-12-13-14-15-16-17-22-29-28-25(26)23-18-20-24(21-19-23)27-4-2/h18-21,27H,3-17,22H2,1-2H3,(H2,26,28). The van der Waals surface area contributed by atoms with E-state index in [1.807, 2.05) is 24.3 Å². The molecule has 0 heterocycles. The molecule has 0 saturated carbocycles. The van der Waals surface area contributed by atoms with Crippen molar-refractivity contribution in [2.75, 3.05) is 18.5 Å². The molecule has 1 aromatic rings. The number of amidine groups is 1. The summed E-state index contributed by atoms with van der Waals surface area (Å²) in [4.78, 5) is 5.38. The van der Waals surface area contributed by atoms with Gasteiger partial charge in [0, 0.05) is 17.8 Å². The number of hydrogen-bond donors (Lipinski definition) is 2. The Hall–Kier alpha value is -1.71. The van der Waals surface area contributed by atoms with Crippen molar-refractivity contribution in [3.05, 3.63) is 29.8 Å². The molecule has 0 aromatic heterocycles. The van der Waals surface area contributed by atoms with E-state index in [9.17, 15) is 0 Å². The maximum Gasteiger partial charge on any atom is 0.170 e. The van der Waals surface area contributed by atoms with Crippen LogP contribution >= 0.6 is 0 Å². The van der Waals surface area contributed by atoms with Gasteiger partial charge in [-0.25, -0.2) is 0 Å². The average molecular weight is 404 g/mol. The summed E-state index contributed by atoms with van der Waals surface area (Å²) in [6.07, 6.45) is 19.0. The molecule has 4 heteroatoms. The van der Waals surface area contributed by atoms with Crippen molar-refractivity contribution in [2.24, 2.45) is 10.9 Å². The minimum absolute atomic E-state index is 0.443. The van der Waals surface area contributed by atoms with Gasteiger partial charge in [0.05, 0.1) is 0 Å². The highest BCUT2D eigenvalue weighted by molar-refractivity contribution is 5.97. The maximum atomic E-state index is 5.98. The summed E-state index contributed by atoms with van der Waals surface area (Å²) in [6, 6.07) is 7.95. The highest BCUT2D eigenvalue weighted by atomic mass is 16.6. The fraction of sp³-hybridized carbons (Fsp3) is 0.720. The van der Waals surface area contributed by atoms with Crippen molar-refractivity contribution in [1.82, 2.24) is 0 Å². The van der Waals surface area contributed by atoms with E-state index in [1.54, 1.807) is 0 Å². The largest absolute Gasteiger partial charge is 0.394 e. The van der Waals surface area contributed by atoms with Gasteiger partial charge in [-0.05, 0) is 44.0 Å². The molecule has 0 aliphatic carbocycles. The molecule has 0 atom stereocenters. The van der Waals surface area contributed by atoms with E-state index in [0.717, 1.165) is 24.2 Å². The highest BCUT2D eigenvalue weighted by Crippen LogP contribution is 2.13. The summed E-state index contributed by atoms with van der Waals surface area (Å²) in [7, 11) is 0. The van der Waals surface area contributed by atoms with Crippen LogP contribution < -0.4 is 11.1 Å². The van der Waals surface area contributed by atoms with Crippen molar-refractivity contribution in [3.63, 3.8) is 0 Å². The second kappa shape index (κ2) is 18.3. The molecule has 29 heavy (non-hydrogen) atoms. The molecule has 166 valence electrons. The first kappa shape index (κ1) is 25.3. The van der Waals surface area contributed by atoms with Crippen LogP contribution in [0.1, 0.15) is 109 Å². The van der Waals surface area contributed by atoms with Crippen molar-refractivity contribution >= 4 is 11.5 Å². The van der Waals surface area contributed by atoms with Crippen LogP contribution in [0.3, 0.4) is 0 Å². The summed E-state index contributed by atoms with van der Waals surface area (Å²) >= 11 is 0. The molecule has 1 aromatic carbocycles. The number of anilines is 1. The molecule has 0 radical (unpaired) electrons. The van der Waals surface area contributed by atoms with Gasteiger partial charge in [0.15, 0.2) is 5.84 Å². The van der Waals surface area contributed by atoms with Gasteiger partial charge in [-0.1, -0.05) is 89.1 Å². The second-order valence-corrected chi connectivity index (χ2v) is 8.01. The number of unbranched alkanes of at least 4 members (excludes halogenated alkanes) is 13. The van der Waals surface area contributed by atoms with E-state index in [0.29, 0.717) is 12.4 Å². The van der Waals surface area contributed by atoms with E-state index in [1.165, 1.54) is 83.5 Å². The van der Waals surface area contributed by atoms with Crippen LogP contribution in [-0.4, -0.2) is 19.0 Å². The molecule has 4 nitrogen and oxygen atoms in total. The molecule has 0 aliphatic rings. The van der Waals surface area contributed by atoms with Gasteiger partial charge in [0.2, 0.25) is 0 Å². The fourth-order valence-electron chi connectivity index (χ4n) is 3.49. The number of rotatable bonds is 19. The van der Waals surface area contributed by atoms with E-state index >= 15 is 0 Å². The molecule has 0 bridgehead atoms. The van der Waals surface area contributed by atoms with Gasteiger partial charge in [0.25, 0.3) is 0 Å². The van der Waals surface area contributed by atoms with Crippen LogP contribution in [0.5, 0.6) is 0 Å². The number of nitrogens with two attached hydrogens (primary N) is 1. The lowest BCUT2D eigenvalue weighted by molar-refractivity contribution is 0.139. The summed E-state index contributed by atoms with van der Waals surface area (Å²) in [5, 5.41) is 7.31. The highest BCUT2D eigenvalue weighted by Gasteiger charge is 1.99. The lowest BCUT2D eigenvalue weighted by Gasteiger charge is -2.05. The van der Waals surface area contributed by atoms with Crippen molar-refractivity contribution in [3.8, 4) is 0 Å². The van der Waals surface area contributed by atoms with Crippen LogP contribution in [-0.2, 0) is 4.84 Å². The molecule has 0 saturated heterocycles. The third-order valence-corrected chi connectivity index (χ3v) is 5.31. The summed E-state index contributed by atoms with van der Waals surface area (Å²) in [5.41, 5.74) is 7.97. The zero-order valence-electron chi connectivity index (χ0n) is 19.1. The Morgan fingerprint density at radius 2 is 1.24 bits per heavy atom. The average Bonchev–Trinajstić information content (AvgIpc) is 2.74. The van der Waals surface area contributed by atoms with Gasteiger partial charge in [-0.2, -0.15) is 0 Å². The summed E-state index contributed by atoms with van der Waals surface area (Å²) < 4.78 is 0. The minimum Gasteiger partial charge on any atom is -0.394 e. The Morgan fingerprint density at radius 3 is 1.72 bits per heavy atom.